The molecule has 2 saturated heterocycles. The second-order valence-corrected chi connectivity index (χ2v) is 21.2. The summed E-state index contributed by atoms with van der Waals surface area (Å²) in [5, 5.41) is 12.1. The number of carbonyl (C=O) groups excluding carboxylic acids is 1. The first-order valence-electron chi connectivity index (χ1n) is 25.9. The van der Waals surface area contributed by atoms with Crippen LogP contribution in [0.2, 0.25) is 0 Å². The number of amides is 1. The predicted molar refractivity (Wildman–Crippen MR) is 289 cm³/mol. The number of aromatic nitrogens is 6. The Labute approximate surface area is 452 Å². The van der Waals surface area contributed by atoms with E-state index in [1.807, 2.05) is 107 Å². The van der Waals surface area contributed by atoms with Gasteiger partial charge in [-0.15, -0.1) is 0 Å². The van der Waals surface area contributed by atoms with Gasteiger partial charge in [0.25, 0.3) is 19.6 Å². The molecule has 1 amide bonds. The van der Waals surface area contributed by atoms with Gasteiger partial charge in [-0.25, -0.2) is 14.4 Å². The fourth-order valence-electron chi connectivity index (χ4n) is 9.58. The van der Waals surface area contributed by atoms with Crippen molar-refractivity contribution in [3.05, 3.63) is 145 Å². The van der Waals surface area contributed by atoms with Gasteiger partial charge in [0, 0.05) is 42.6 Å². The monoisotopic (exact) mass is 1090 g/mol. The van der Waals surface area contributed by atoms with Crippen LogP contribution in [-0.4, -0.2) is 117 Å². The number of anilines is 1. The lowest BCUT2D eigenvalue weighted by Gasteiger charge is -2.37. The summed E-state index contributed by atoms with van der Waals surface area (Å²) in [6.45, 7) is 13.0. The number of H-pyrrole nitrogens is 2. The van der Waals surface area contributed by atoms with Gasteiger partial charge in [-0.2, -0.15) is 10.2 Å². The van der Waals surface area contributed by atoms with Gasteiger partial charge in [-0.1, -0.05) is 68.4 Å². The number of aryl methyl sites for hydroxylation is 1. The number of benzene rings is 3. The molecular weight excluding hydrogens is 1030 g/mol. The van der Waals surface area contributed by atoms with Crippen molar-refractivity contribution in [2.24, 2.45) is 5.92 Å². The minimum absolute atomic E-state index is 0.00751. The Morgan fingerprint density at radius 1 is 0.833 bits per heavy atom. The third-order valence-electron chi connectivity index (χ3n) is 13.5. The lowest BCUT2D eigenvalue weighted by molar-refractivity contribution is -0.151. The number of aromatic amines is 2. The number of rotatable bonds is 25. The lowest BCUT2D eigenvalue weighted by Crippen LogP contribution is -2.39. The highest BCUT2D eigenvalue weighted by molar-refractivity contribution is 7.44. The first kappa shape index (κ1) is 57.5. The molecule has 3 N–H and O–H groups in total. The van der Waals surface area contributed by atoms with Crippen molar-refractivity contribution in [3.63, 3.8) is 0 Å². The molecule has 3 aromatic heterocycles. The van der Waals surface area contributed by atoms with E-state index in [9.17, 15) is 24.4 Å². The largest absolute Gasteiger partial charge is 0.497 e. The van der Waals surface area contributed by atoms with E-state index < -0.39 is 67.8 Å². The predicted octanol–water partition coefficient (Wildman–Crippen LogP) is 7.19. The average Bonchev–Trinajstić information content (AvgIpc) is 4.21. The highest BCUT2D eigenvalue weighted by Gasteiger charge is 2.45. The quantitative estimate of drug-likeness (QED) is 0.0222. The van der Waals surface area contributed by atoms with E-state index in [0.29, 0.717) is 17.1 Å². The zero-order chi connectivity index (χ0) is 55.7. The van der Waals surface area contributed by atoms with Crippen molar-refractivity contribution in [2.45, 2.75) is 122 Å². The van der Waals surface area contributed by atoms with Crippen LogP contribution in [0.25, 0.3) is 11.2 Å². The minimum Gasteiger partial charge on any atom is -0.497 e. The minimum atomic E-state index is -1.74. The van der Waals surface area contributed by atoms with Gasteiger partial charge < -0.3 is 42.2 Å². The summed E-state index contributed by atoms with van der Waals surface area (Å²) >= 11 is 0. The molecule has 0 saturated carbocycles. The smallest absolute Gasteiger partial charge is 0.330 e. The van der Waals surface area contributed by atoms with Crippen LogP contribution in [0.5, 0.6) is 11.5 Å². The summed E-state index contributed by atoms with van der Waals surface area (Å²) in [5.41, 5.74) is 0.0428. The Morgan fingerprint density at radius 3 is 2.04 bits per heavy atom. The Kier molecular flexibility index (Phi) is 19.1. The molecule has 1 unspecified atom stereocenters. The lowest BCUT2D eigenvalue weighted by atomic mass is 9.80. The second-order valence-electron chi connectivity index (χ2n) is 19.8. The van der Waals surface area contributed by atoms with Crippen molar-refractivity contribution >= 4 is 31.5 Å². The highest BCUT2D eigenvalue weighted by atomic mass is 31.2. The van der Waals surface area contributed by atoms with Crippen LogP contribution in [0.4, 0.5) is 5.95 Å². The third-order valence-corrected chi connectivity index (χ3v) is 15.7. The van der Waals surface area contributed by atoms with Gasteiger partial charge in [0.15, 0.2) is 11.2 Å². The summed E-state index contributed by atoms with van der Waals surface area (Å²) in [6, 6.07) is 27.3. The zero-order valence-corrected chi connectivity index (χ0v) is 46.1. The van der Waals surface area contributed by atoms with E-state index in [1.54, 1.807) is 39.6 Å². The summed E-state index contributed by atoms with van der Waals surface area (Å²) in [4.78, 5) is 65.7. The summed E-state index contributed by atoms with van der Waals surface area (Å²) in [5.74, 6) is 0.558. The number of nitriles is 1. The van der Waals surface area contributed by atoms with Crippen molar-refractivity contribution in [1.82, 2.24) is 33.7 Å². The standard InChI is InChI=1S/C55H68N9O13P/c1-33(2)50(65)59-53-58-49-48(52(67)60-53)57-31-63(49)47-26-42(45(76-47)30-73-55(37-14-11-10-12-15-37,38-16-20-40(69-8)21-17-38)39-18-22-41(70-9)23-19-39)72-32-71-29-44-43(27-46(75-44)62-28-36(7)51(66)61-54(62)68)77-78(74-25-13-24-56)64(34(3)4)35(5)6/h10-12,14-23,28,31,33-35,42-47H,13,25-27,29-30,32H2,1-9H3,(H,61,66,68)(H2,58,59,60,65,67)/t42-,43-,44+,45+,46+,47+,78?/m0/s1. The molecule has 2 aliphatic rings. The van der Waals surface area contributed by atoms with E-state index in [0.717, 1.165) is 16.7 Å². The SMILES string of the molecule is COc1ccc(C(OC[C@H]2O[C@@H](n3cnc4c(=O)[nH]c(NC(=O)C(C)C)nc43)C[C@@H]2OCOC[C@H]2O[C@@H](n3cc(C)c(=O)[nH]c3=O)C[C@@H]2OP(OCCC#N)N(C(C)C)C(C)C)(c2ccccc2)c2ccc(OC)cc2)cc1. The average molecular weight is 1090 g/mol. The van der Waals surface area contributed by atoms with E-state index in [-0.39, 0.29) is 86.9 Å². The molecule has 78 heavy (non-hydrogen) atoms. The molecule has 0 radical (unpaired) electrons. The van der Waals surface area contributed by atoms with Crippen LogP contribution in [0.1, 0.15) is 95.5 Å². The normalized spacial score (nSPS) is 20.0. The van der Waals surface area contributed by atoms with E-state index in [4.69, 9.17) is 42.2 Å². The fourth-order valence-corrected chi connectivity index (χ4v) is 11.3. The van der Waals surface area contributed by atoms with Gasteiger partial charge in [0.2, 0.25) is 11.9 Å². The molecular formula is C55H68N9O13P. The van der Waals surface area contributed by atoms with E-state index >= 15 is 0 Å². The van der Waals surface area contributed by atoms with Crippen LogP contribution in [-0.2, 0) is 43.1 Å². The van der Waals surface area contributed by atoms with Crippen LogP contribution in [0.3, 0.4) is 0 Å². The van der Waals surface area contributed by atoms with Crippen LogP contribution < -0.4 is 31.6 Å². The van der Waals surface area contributed by atoms with Gasteiger partial charge >= 0.3 is 5.69 Å². The molecule has 0 aliphatic carbocycles. The van der Waals surface area contributed by atoms with Crippen LogP contribution in [0.15, 0.2) is 106 Å². The Bertz CT molecular complexity index is 3120. The molecule has 23 heteroatoms. The number of methoxy groups -OCH3 is 2. The zero-order valence-electron chi connectivity index (χ0n) is 45.2. The summed E-state index contributed by atoms with van der Waals surface area (Å²) < 4.78 is 63.0. The molecule has 2 fully saturated rings. The van der Waals surface area contributed by atoms with Crippen molar-refractivity contribution in [2.75, 3.05) is 46.1 Å². The Balaban J connectivity index is 1.11. The summed E-state index contributed by atoms with van der Waals surface area (Å²) in [7, 11) is 1.48. The van der Waals surface area contributed by atoms with Crippen molar-refractivity contribution in [3.8, 4) is 17.6 Å². The molecule has 3 aromatic carbocycles. The van der Waals surface area contributed by atoms with Gasteiger partial charge in [-0.05, 0) is 75.6 Å². The van der Waals surface area contributed by atoms with E-state index in [1.165, 1.54) is 17.1 Å². The second kappa shape index (κ2) is 25.9. The Morgan fingerprint density at radius 2 is 1.44 bits per heavy atom. The topological polar surface area (TPSA) is 258 Å². The third kappa shape index (κ3) is 12.9. The molecule has 8 rings (SSSR count). The molecule has 0 spiro atoms. The first-order valence-corrected chi connectivity index (χ1v) is 27.0. The molecule has 2 aliphatic heterocycles. The number of nitrogens with one attached hydrogen (secondary N) is 3. The van der Waals surface area contributed by atoms with Crippen LogP contribution >= 0.6 is 8.53 Å². The number of carbonyl (C=O) groups is 1. The van der Waals surface area contributed by atoms with E-state index in [2.05, 4.69) is 36.0 Å². The number of nitrogens with zero attached hydrogens (tertiary/aromatic N) is 6. The highest BCUT2D eigenvalue weighted by Crippen LogP contribution is 2.50. The maximum Gasteiger partial charge on any atom is 0.330 e. The maximum absolute atomic E-state index is 13.4. The van der Waals surface area contributed by atoms with Gasteiger partial charge in [0.05, 0.1) is 65.1 Å². The number of ether oxygens (including phenoxy) is 7. The maximum atomic E-state index is 13.4. The number of hydrogen-bond donors (Lipinski definition) is 3. The number of hydrogen-bond acceptors (Lipinski definition) is 17. The molecule has 0 bridgehead atoms. The first-order chi connectivity index (χ1) is 37.5. The number of imidazole rings is 1. The molecule has 416 valence electrons. The van der Waals surface area contributed by atoms with Gasteiger partial charge in [-0.3, -0.25) is 38.8 Å². The molecule has 7 atom stereocenters. The van der Waals surface area contributed by atoms with Crippen molar-refractivity contribution in [1.29, 1.82) is 5.26 Å². The molecule has 22 nitrogen and oxygen atoms in total. The van der Waals surface area contributed by atoms with Crippen molar-refractivity contribution < 1.29 is 47.0 Å². The molecule has 5 heterocycles. The number of fused-ring (bicyclic) bond motifs is 1. The van der Waals surface area contributed by atoms with Gasteiger partial charge in [0.1, 0.15) is 48.6 Å². The Hall–Kier alpha value is -6.64. The fraction of sp³-hybridized carbons (Fsp3) is 0.473. The molecule has 6 aromatic rings. The van der Waals surface area contributed by atoms with Crippen LogP contribution in [0, 0.1) is 24.2 Å². The summed E-state index contributed by atoms with van der Waals surface area (Å²) in [6.07, 6.45) is -1.09.